The van der Waals surface area contributed by atoms with Crippen LogP contribution in [0.2, 0.25) is 0 Å². The van der Waals surface area contributed by atoms with Crippen molar-refractivity contribution in [3.8, 4) is 0 Å². The minimum Gasteiger partial charge on any atom is -0.381 e. The summed E-state index contributed by atoms with van der Waals surface area (Å²) < 4.78 is 11.3. The minimum absolute atomic E-state index is 0. The molecule has 3 heterocycles. The Morgan fingerprint density at radius 3 is 2.95 bits per heavy atom. The zero-order valence-electron chi connectivity index (χ0n) is 13.7. The first-order valence-electron chi connectivity index (χ1n) is 8.54. The van der Waals surface area contributed by atoms with Crippen molar-refractivity contribution in [1.29, 1.82) is 0 Å². The molecule has 0 aromatic carbocycles. The fourth-order valence-corrected chi connectivity index (χ4v) is 3.70. The molecule has 0 aromatic rings. The van der Waals surface area contributed by atoms with Gasteiger partial charge in [0.2, 0.25) is 0 Å². The molecule has 3 fully saturated rings. The molecule has 1 spiro atoms. The monoisotopic (exact) mass is 423 g/mol. The first-order chi connectivity index (χ1) is 10.3. The number of likely N-dealkylation sites (tertiary alicyclic amines) is 1. The van der Waals surface area contributed by atoms with Crippen LogP contribution in [0.1, 0.15) is 39.0 Å². The van der Waals surface area contributed by atoms with Crippen LogP contribution < -0.4 is 5.32 Å². The van der Waals surface area contributed by atoms with Crippen molar-refractivity contribution in [2.24, 2.45) is 10.4 Å². The van der Waals surface area contributed by atoms with Gasteiger partial charge in [-0.15, -0.1) is 24.0 Å². The Morgan fingerprint density at radius 2 is 2.27 bits per heavy atom. The molecule has 0 amide bonds. The number of halogens is 1. The third-order valence-corrected chi connectivity index (χ3v) is 4.99. The maximum Gasteiger partial charge on any atom is 0.193 e. The lowest BCUT2D eigenvalue weighted by Crippen LogP contribution is -2.41. The second-order valence-corrected chi connectivity index (χ2v) is 6.63. The van der Waals surface area contributed by atoms with E-state index in [2.05, 4.69) is 17.1 Å². The molecule has 1 N–H and O–H groups in total. The van der Waals surface area contributed by atoms with Crippen LogP contribution in [0.4, 0.5) is 0 Å². The summed E-state index contributed by atoms with van der Waals surface area (Å²) in [6.07, 6.45) is 6.35. The molecule has 22 heavy (non-hydrogen) atoms. The Kier molecular flexibility index (Phi) is 7.21. The maximum atomic E-state index is 5.68. The predicted molar refractivity (Wildman–Crippen MR) is 99.0 cm³/mol. The highest BCUT2D eigenvalue weighted by Crippen LogP contribution is 2.38. The molecule has 3 aliphatic rings. The van der Waals surface area contributed by atoms with Gasteiger partial charge in [0.1, 0.15) is 0 Å². The number of hydrogen-bond acceptors (Lipinski definition) is 3. The molecule has 0 aliphatic carbocycles. The molecule has 0 aromatic heterocycles. The minimum atomic E-state index is 0. The van der Waals surface area contributed by atoms with Crippen LogP contribution in [0, 0.1) is 5.41 Å². The highest BCUT2D eigenvalue weighted by Gasteiger charge is 2.42. The van der Waals surface area contributed by atoms with Crippen LogP contribution in [0.15, 0.2) is 4.99 Å². The maximum absolute atomic E-state index is 5.68. The van der Waals surface area contributed by atoms with Crippen LogP contribution >= 0.6 is 24.0 Å². The van der Waals surface area contributed by atoms with Gasteiger partial charge in [0, 0.05) is 44.8 Å². The Balaban J connectivity index is 0.00000176. The second-order valence-electron chi connectivity index (χ2n) is 6.63. The Hall–Kier alpha value is -0.0800. The van der Waals surface area contributed by atoms with Crippen molar-refractivity contribution < 1.29 is 9.47 Å². The molecule has 0 saturated carbocycles. The fraction of sp³-hybridized carbons (Fsp3) is 0.938. The van der Waals surface area contributed by atoms with Gasteiger partial charge in [0.15, 0.2) is 5.96 Å². The van der Waals surface area contributed by atoms with E-state index in [1.807, 2.05) is 0 Å². The number of nitrogens with one attached hydrogen (secondary N) is 1. The lowest BCUT2D eigenvalue weighted by atomic mass is 9.87. The SMILES string of the molecule is CCNC(=NCCC1CCCO1)N1CCC2(CCOC2)C1.I. The molecular weight excluding hydrogens is 393 g/mol. The molecule has 0 radical (unpaired) electrons. The summed E-state index contributed by atoms with van der Waals surface area (Å²) in [6.45, 7) is 8.93. The van der Waals surface area contributed by atoms with Gasteiger partial charge < -0.3 is 19.7 Å². The third kappa shape index (κ3) is 4.47. The number of aliphatic imine (C=N–C) groups is 1. The zero-order valence-corrected chi connectivity index (χ0v) is 16.0. The van der Waals surface area contributed by atoms with Crippen LogP contribution in [0.3, 0.4) is 0 Å². The van der Waals surface area contributed by atoms with E-state index in [1.165, 1.54) is 25.7 Å². The average Bonchev–Trinajstić information content (AvgIpc) is 3.22. The quantitative estimate of drug-likeness (QED) is 0.428. The fourth-order valence-electron chi connectivity index (χ4n) is 3.70. The van der Waals surface area contributed by atoms with E-state index in [0.29, 0.717) is 11.5 Å². The van der Waals surface area contributed by atoms with Crippen molar-refractivity contribution in [1.82, 2.24) is 10.2 Å². The van der Waals surface area contributed by atoms with Crippen LogP contribution in [-0.4, -0.2) is 63.0 Å². The molecule has 2 atom stereocenters. The number of ether oxygens (including phenoxy) is 2. The van der Waals surface area contributed by atoms with E-state index in [1.54, 1.807) is 0 Å². The third-order valence-electron chi connectivity index (χ3n) is 4.99. The van der Waals surface area contributed by atoms with Crippen molar-refractivity contribution in [3.05, 3.63) is 0 Å². The van der Waals surface area contributed by atoms with E-state index in [-0.39, 0.29) is 24.0 Å². The summed E-state index contributed by atoms with van der Waals surface area (Å²) in [5.74, 6) is 1.08. The first-order valence-corrected chi connectivity index (χ1v) is 8.54. The van der Waals surface area contributed by atoms with E-state index in [0.717, 1.165) is 58.4 Å². The van der Waals surface area contributed by atoms with E-state index in [9.17, 15) is 0 Å². The summed E-state index contributed by atoms with van der Waals surface area (Å²) in [4.78, 5) is 7.25. The summed E-state index contributed by atoms with van der Waals surface area (Å²) in [7, 11) is 0. The van der Waals surface area contributed by atoms with Gasteiger partial charge in [0.25, 0.3) is 0 Å². The van der Waals surface area contributed by atoms with Crippen molar-refractivity contribution >= 4 is 29.9 Å². The first kappa shape index (κ1) is 18.3. The summed E-state index contributed by atoms with van der Waals surface area (Å²) in [5, 5.41) is 3.45. The number of guanidine groups is 1. The van der Waals surface area contributed by atoms with Crippen molar-refractivity contribution in [3.63, 3.8) is 0 Å². The second kappa shape index (κ2) is 8.68. The molecule has 3 saturated heterocycles. The van der Waals surface area contributed by atoms with Crippen molar-refractivity contribution in [2.75, 3.05) is 46.0 Å². The van der Waals surface area contributed by atoms with Crippen molar-refractivity contribution in [2.45, 2.75) is 45.1 Å². The van der Waals surface area contributed by atoms with Gasteiger partial charge in [-0.3, -0.25) is 4.99 Å². The summed E-state index contributed by atoms with van der Waals surface area (Å²) in [5.41, 5.74) is 0.394. The predicted octanol–water partition coefficient (Wildman–Crippen LogP) is 2.25. The molecule has 0 bridgehead atoms. The van der Waals surface area contributed by atoms with Crippen LogP contribution in [0.5, 0.6) is 0 Å². The lowest BCUT2D eigenvalue weighted by Gasteiger charge is -2.25. The van der Waals surface area contributed by atoms with Gasteiger partial charge in [0.05, 0.1) is 12.7 Å². The normalized spacial score (nSPS) is 31.8. The number of rotatable bonds is 4. The molecule has 2 unspecified atom stereocenters. The van der Waals surface area contributed by atoms with Gasteiger partial charge in [-0.1, -0.05) is 0 Å². The van der Waals surface area contributed by atoms with Gasteiger partial charge in [-0.25, -0.2) is 0 Å². The smallest absolute Gasteiger partial charge is 0.193 e. The van der Waals surface area contributed by atoms with Crippen LogP contribution in [-0.2, 0) is 9.47 Å². The number of hydrogen-bond donors (Lipinski definition) is 1. The molecule has 5 nitrogen and oxygen atoms in total. The van der Waals surface area contributed by atoms with Gasteiger partial charge in [-0.2, -0.15) is 0 Å². The van der Waals surface area contributed by atoms with E-state index < -0.39 is 0 Å². The number of nitrogens with zero attached hydrogens (tertiary/aromatic N) is 2. The Labute approximate surface area is 151 Å². The Bertz CT molecular complexity index is 366. The molecule has 128 valence electrons. The van der Waals surface area contributed by atoms with Gasteiger partial charge in [-0.05, 0) is 39.0 Å². The lowest BCUT2D eigenvalue weighted by molar-refractivity contribution is 0.106. The largest absolute Gasteiger partial charge is 0.381 e. The molecule has 3 rings (SSSR count). The Morgan fingerprint density at radius 1 is 1.36 bits per heavy atom. The van der Waals surface area contributed by atoms with E-state index >= 15 is 0 Å². The van der Waals surface area contributed by atoms with Crippen LogP contribution in [0.25, 0.3) is 0 Å². The topological polar surface area (TPSA) is 46.1 Å². The molecule has 3 aliphatic heterocycles. The highest BCUT2D eigenvalue weighted by atomic mass is 127. The van der Waals surface area contributed by atoms with Gasteiger partial charge >= 0.3 is 0 Å². The summed E-state index contributed by atoms with van der Waals surface area (Å²) >= 11 is 0. The average molecular weight is 423 g/mol. The zero-order chi connectivity index (χ0) is 14.5. The molecular formula is C16H30IN3O2. The standard InChI is InChI=1S/C16H29N3O2.HI/c1-2-17-15(18-8-5-14-4-3-10-21-14)19-9-6-16(12-19)7-11-20-13-16;/h14H,2-13H2,1H3,(H,17,18);1H. The highest BCUT2D eigenvalue weighted by molar-refractivity contribution is 14.0. The van der Waals surface area contributed by atoms with E-state index in [4.69, 9.17) is 14.5 Å². The summed E-state index contributed by atoms with van der Waals surface area (Å²) in [6, 6.07) is 0. The molecule has 6 heteroatoms.